The molecule has 3 aromatic rings. The molecule has 0 radical (unpaired) electrons. The topological polar surface area (TPSA) is 67.4 Å². The zero-order valence-corrected chi connectivity index (χ0v) is 18.8. The van der Waals surface area contributed by atoms with E-state index in [2.05, 4.69) is 10.0 Å². The highest BCUT2D eigenvalue weighted by Gasteiger charge is 2.39. The summed E-state index contributed by atoms with van der Waals surface area (Å²) >= 11 is 5.98. The first-order valence-corrected chi connectivity index (χ1v) is 11.9. The number of sulfonamides is 1. The lowest BCUT2D eigenvalue weighted by molar-refractivity contribution is -0.137. The normalized spacial score (nSPS) is 18.9. The van der Waals surface area contributed by atoms with Gasteiger partial charge in [0.25, 0.3) is 0 Å². The zero-order chi connectivity index (χ0) is 23.7. The van der Waals surface area contributed by atoms with Gasteiger partial charge in [-0.3, -0.25) is 0 Å². The average molecular weight is 497 g/mol. The first kappa shape index (κ1) is 23.6. The molecule has 0 saturated carbocycles. The van der Waals surface area contributed by atoms with Gasteiger partial charge >= 0.3 is 6.18 Å². The van der Waals surface area contributed by atoms with Crippen molar-refractivity contribution in [3.63, 3.8) is 0 Å². The molecule has 0 amide bonds. The van der Waals surface area contributed by atoms with Crippen molar-refractivity contribution < 1.29 is 26.3 Å². The van der Waals surface area contributed by atoms with Gasteiger partial charge in [-0.25, -0.2) is 8.42 Å². The molecule has 2 N–H and O–H groups in total. The van der Waals surface area contributed by atoms with Gasteiger partial charge in [0.1, 0.15) is 11.5 Å². The van der Waals surface area contributed by atoms with E-state index < -0.39 is 27.3 Å². The maximum absolute atomic E-state index is 13.1. The molecule has 1 aliphatic heterocycles. The zero-order valence-electron chi connectivity index (χ0n) is 17.2. The van der Waals surface area contributed by atoms with Gasteiger partial charge in [-0.15, -0.1) is 0 Å². The molecule has 0 aromatic heterocycles. The van der Waals surface area contributed by atoms with Crippen LogP contribution in [0.3, 0.4) is 0 Å². The minimum Gasteiger partial charge on any atom is -0.457 e. The Labute approximate surface area is 194 Å². The fraction of sp³-hybridized carbons (Fsp3) is 0.217. The lowest BCUT2D eigenvalue weighted by Crippen LogP contribution is -2.47. The van der Waals surface area contributed by atoms with E-state index >= 15 is 0 Å². The predicted octanol–water partition coefficient (Wildman–Crippen LogP) is 5.32. The van der Waals surface area contributed by atoms with Crippen LogP contribution < -0.4 is 14.8 Å². The molecule has 1 atom stereocenters. The molecule has 33 heavy (non-hydrogen) atoms. The number of rotatable bonds is 6. The SMILES string of the molecule is O=S(=O)(N[C@]1(c2ccc(Cl)cc2)CCNC1)c1ccc(Oc2ccc(C(F)(F)F)cc2)cc1. The highest BCUT2D eigenvalue weighted by molar-refractivity contribution is 7.89. The summed E-state index contributed by atoms with van der Waals surface area (Å²) in [6.07, 6.45) is -3.86. The van der Waals surface area contributed by atoms with Gasteiger partial charge < -0.3 is 10.1 Å². The first-order valence-electron chi connectivity index (χ1n) is 10.0. The van der Waals surface area contributed by atoms with Crippen molar-refractivity contribution in [2.24, 2.45) is 0 Å². The monoisotopic (exact) mass is 496 g/mol. The molecule has 0 unspecified atom stereocenters. The molecule has 1 aliphatic rings. The van der Waals surface area contributed by atoms with Crippen molar-refractivity contribution in [2.75, 3.05) is 13.1 Å². The molecular weight excluding hydrogens is 477 g/mol. The van der Waals surface area contributed by atoms with Crippen molar-refractivity contribution in [2.45, 2.75) is 23.0 Å². The number of nitrogens with one attached hydrogen (secondary N) is 2. The van der Waals surface area contributed by atoms with Crippen LogP contribution in [0.15, 0.2) is 77.7 Å². The molecule has 4 rings (SSSR count). The van der Waals surface area contributed by atoms with Crippen LogP contribution >= 0.6 is 11.6 Å². The summed E-state index contributed by atoms with van der Waals surface area (Å²) in [7, 11) is -3.88. The van der Waals surface area contributed by atoms with Gasteiger partial charge in [-0.05, 0) is 79.2 Å². The molecule has 0 aliphatic carbocycles. The lowest BCUT2D eigenvalue weighted by atomic mass is 9.90. The van der Waals surface area contributed by atoms with Gasteiger partial charge in [0.15, 0.2) is 0 Å². The summed E-state index contributed by atoms with van der Waals surface area (Å²) in [4.78, 5) is 0.0440. The van der Waals surface area contributed by atoms with Crippen molar-refractivity contribution in [3.8, 4) is 11.5 Å². The van der Waals surface area contributed by atoms with Gasteiger partial charge in [0.05, 0.1) is 16.0 Å². The molecule has 3 aromatic carbocycles. The van der Waals surface area contributed by atoms with E-state index in [0.29, 0.717) is 30.3 Å². The Kier molecular flexibility index (Phi) is 6.41. The summed E-state index contributed by atoms with van der Waals surface area (Å²) in [5.74, 6) is 0.499. The molecule has 0 bridgehead atoms. The Bertz CT molecular complexity index is 1210. The quantitative estimate of drug-likeness (QED) is 0.485. The van der Waals surface area contributed by atoms with Crippen LogP contribution in [0.5, 0.6) is 11.5 Å². The van der Waals surface area contributed by atoms with Gasteiger partial charge in [-0.2, -0.15) is 17.9 Å². The Hall–Kier alpha value is -2.59. The fourth-order valence-corrected chi connectivity index (χ4v) is 5.25. The molecule has 0 spiro atoms. The molecule has 10 heteroatoms. The number of benzene rings is 3. The average Bonchev–Trinajstić information content (AvgIpc) is 3.23. The van der Waals surface area contributed by atoms with E-state index in [1.54, 1.807) is 24.3 Å². The van der Waals surface area contributed by atoms with Crippen molar-refractivity contribution in [1.82, 2.24) is 10.0 Å². The van der Waals surface area contributed by atoms with Crippen LogP contribution in [0, 0.1) is 0 Å². The Morgan fingerprint density at radius 3 is 2.00 bits per heavy atom. The Balaban J connectivity index is 1.51. The number of halogens is 4. The predicted molar refractivity (Wildman–Crippen MR) is 119 cm³/mol. The Morgan fingerprint density at radius 2 is 1.48 bits per heavy atom. The van der Waals surface area contributed by atoms with Crippen LogP contribution in [-0.2, 0) is 21.7 Å². The first-order chi connectivity index (χ1) is 15.6. The minimum atomic E-state index is -4.43. The van der Waals surface area contributed by atoms with Crippen molar-refractivity contribution in [3.05, 3.63) is 88.9 Å². The largest absolute Gasteiger partial charge is 0.457 e. The molecule has 1 saturated heterocycles. The maximum atomic E-state index is 13.1. The summed E-state index contributed by atoms with van der Waals surface area (Å²) < 4.78 is 72.7. The molecular formula is C23H20ClF3N2O3S. The van der Waals surface area contributed by atoms with E-state index in [9.17, 15) is 21.6 Å². The van der Waals surface area contributed by atoms with E-state index in [1.807, 2.05) is 0 Å². The minimum absolute atomic E-state index is 0.0440. The van der Waals surface area contributed by atoms with Gasteiger partial charge in [0.2, 0.25) is 10.0 Å². The second-order valence-electron chi connectivity index (χ2n) is 7.72. The smallest absolute Gasteiger partial charge is 0.416 e. The second kappa shape index (κ2) is 8.98. The summed E-state index contributed by atoms with van der Waals surface area (Å²) in [6.45, 7) is 1.09. The van der Waals surface area contributed by atoms with Crippen LogP contribution in [0.1, 0.15) is 17.5 Å². The van der Waals surface area contributed by atoms with Crippen molar-refractivity contribution in [1.29, 1.82) is 0 Å². The number of ether oxygens (including phenoxy) is 1. The molecule has 5 nitrogen and oxygen atoms in total. The maximum Gasteiger partial charge on any atom is 0.416 e. The van der Waals surface area contributed by atoms with Crippen LogP contribution in [0.4, 0.5) is 13.2 Å². The highest BCUT2D eigenvalue weighted by atomic mass is 35.5. The van der Waals surface area contributed by atoms with Crippen LogP contribution in [0.25, 0.3) is 0 Å². The van der Waals surface area contributed by atoms with E-state index in [-0.39, 0.29) is 10.6 Å². The van der Waals surface area contributed by atoms with E-state index in [0.717, 1.165) is 17.7 Å². The third kappa shape index (κ3) is 5.33. The lowest BCUT2D eigenvalue weighted by Gasteiger charge is -2.30. The van der Waals surface area contributed by atoms with Crippen LogP contribution in [-0.4, -0.2) is 21.5 Å². The molecule has 1 heterocycles. The third-order valence-electron chi connectivity index (χ3n) is 5.43. The number of hydrogen-bond donors (Lipinski definition) is 2. The summed E-state index contributed by atoms with van der Waals surface area (Å²) in [5, 5.41) is 3.76. The Morgan fingerprint density at radius 1 is 0.909 bits per heavy atom. The van der Waals surface area contributed by atoms with E-state index in [1.165, 1.54) is 36.4 Å². The second-order valence-corrected chi connectivity index (χ2v) is 9.84. The van der Waals surface area contributed by atoms with Crippen molar-refractivity contribution >= 4 is 21.6 Å². The fourth-order valence-electron chi connectivity index (χ4n) is 3.70. The molecule has 1 fully saturated rings. The van der Waals surface area contributed by atoms with E-state index in [4.69, 9.17) is 16.3 Å². The van der Waals surface area contributed by atoms with Crippen LogP contribution in [0.2, 0.25) is 5.02 Å². The van der Waals surface area contributed by atoms with Gasteiger partial charge in [0, 0.05) is 11.6 Å². The number of alkyl halides is 3. The van der Waals surface area contributed by atoms with Gasteiger partial charge in [-0.1, -0.05) is 23.7 Å². The number of hydrogen-bond acceptors (Lipinski definition) is 4. The summed E-state index contributed by atoms with van der Waals surface area (Å²) in [6, 6.07) is 17.0. The standard InChI is InChI=1S/C23H20ClF3N2O3S/c24-18-5-1-16(2-6-18)22(13-14-28-15-22)29-33(30,31)21-11-9-20(10-12-21)32-19-7-3-17(4-8-19)23(25,26)27/h1-12,28-29H,13-15H2/t22-/m1/s1. The summed E-state index contributed by atoms with van der Waals surface area (Å²) in [5.41, 5.74) is -0.778. The molecule has 174 valence electrons. The highest BCUT2D eigenvalue weighted by Crippen LogP contribution is 2.33. The third-order valence-corrected chi connectivity index (χ3v) is 7.24.